The van der Waals surface area contributed by atoms with Gasteiger partial charge in [0.2, 0.25) is 0 Å². The summed E-state index contributed by atoms with van der Waals surface area (Å²) in [7, 11) is 0. The molecule has 1 aromatic rings. The Hall–Kier alpha value is -0.850. The number of hydrogen-bond acceptors (Lipinski definition) is 0. The molecule has 0 amide bonds. The molecule has 2 rings (SSSR count). The van der Waals surface area contributed by atoms with Crippen molar-refractivity contribution in [1.82, 2.24) is 0 Å². The van der Waals surface area contributed by atoms with Gasteiger partial charge in [-0.2, -0.15) is 0 Å². The van der Waals surface area contributed by atoms with E-state index in [2.05, 4.69) is 25.1 Å². The van der Waals surface area contributed by atoms with Crippen LogP contribution in [0.1, 0.15) is 36.8 Å². The number of benzene rings is 1. The summed E-state index contributed by atoms with van der Waals surface area (Å²) in [5.41, 5.74) is 2.30. The number of aryl methyl sites for hydroxylation is 1. The Bertz CT molecular complexity index is 311. The fraction of sp³-hybridized carbons (Fsp3) is 0.538. The van der Waals surface area contributed by atoms with Gasteiger partial charge in [0.25, 0.3) is 0 Å². The lowest BCUT2D eigenvalue weighted by atomic mass is 9.80. The average Bonchev–Trinajstić information content (AvgIpc) is 2.67. The van der Waals surface area contributed by atoms with Gasteiger partial charge in [0, 0.05) is 5.41 Å². The highest BCUT2D eigenvalue weighted by Crippen LogP contribution is 2.41. The summed E-state index contributed by atoms with van der Waals surface area (Å²) in [6, 6.07) is 8.34. The first-order chi connectivity index (χ1) is 6.77. The van der Waals surface area contributed by atoms with Gasteiger partial charge >= 0.3 is 0 Å². The van der Waals surface area contributed by atoms with E-state index in [1.807, 2.05) is 6.07 Å². The normalized spacial score (nSPS) is 19.9. The smallest absolute Gasteiger partial charge is 0.0990 e. The molecule has 0 spiro atoms. The molecule has 1 aliphatic carbocycles. The van der Waals surface area contributed by atoms with Crippen molar-refractivity contribution in [3.05, 3.63) is 35.4 Å². The van der Waals surface area contributed by atoms with E-state index in [-0.39, 0.29) is 12.1 Å². The number of hydrogen-bond donors (Lipinski definition) is 0. The van der Waals surface area contributed by atoms with Crippen molar-refractivity contribution in [2.45, 2.75) is 38.0 Å². The summed E-state index contributed by atoms with van der Waals surface area (Å²) in [4.78, 5) is 0. The minimum atomic E-state index is -0.198. The van der Waals surface area contributed by atoms with Crippen molar-refractivity contribution in [1.29, 1.82) is 0 Å². The second kappa shape index (κ2) is 3.72. The standard InChI is InChI=1S/C13H17F/c1-11-5-4-6-12(9-11)13(10-14)7-2-3-8-13/h4-6,9H,2-3,7-8,10H2,1H3. The first-order valence-corrected chi connectivity index (χ1v) is 5.40. The second-order valence-corrected chi connectivity index (χ2v) is 4.49. The van der Waals surface area contributed by atoms with E-state index >= 15 is 0 Å². The fourth-order valence-corrected chi connectivity index (χ4v) is 2.53. The Kier molecular flexibility index (Phi) is 2.58. The minimum absolute atomic E-state index is 0.147. The van der Waals surface area contributed by atoms with Crippen molar-refractivity contribution in [3.8, 4) is 0 Å². The minimum Gasteiger partial charge on any atom is -0.250 e. The Morgan fingerprint density at radius 3 is 2.57 bits per heavy atom. The number of halogens is 1. The molecule has 0 aliphatic heterocycles. The van der Waals surface area contributed by atoms with Crippen molar-refractivity contribution >= 4 is 0 Å². The second-order valence-electron chi connectivity index (χ2n) is 4.49. The summed E-state index contributed by atoms with van der Waals surface area (Å²) in [6.45, 7) is 1.88. The number of alkyl halides is 1. The molecule has 0 saturated heterocycles. The van der Waals surface area contributed by atoms with Crippen molar-refractivity contribution in [3.63, 3.8) is 0 Å². The van der Waals surface area contributed by atoms with Crippen LogP contribution < -0.4 is 0 Å². The molecule has 0 unspecified atom stereocenters. The van der Waals surface area contributed by atoms with E-state index in [0.29, 0.717) is 0 Å². The quantitative estimate of drug-likeness (QED) is 0.669. The molecular formula is C13H17F. The fourth-order valence-electron chi connectivity index (χ4n) is 2.53. The van der Waals surface area contributed by atoms with E-state index in [4.69, 9.17) is 0 Å². The van der Waals surface area contributed by atoms with E-state index < -0.39 is 0 Å². The largest absolute Gasteiger partial charge is 0.250 e. The maximum atomic E-state index is 13.2. The first kappa shape index (κ1) is 9.70. The summed E-state index contributed by atoms with van der Waals surface area (Å²) in [5, 5.41) is 0. The zero-order valence-electron chi connectivity index (χ0n) is 8.72. The van der Waals surface area contributed by atoms with Crippen LogP contribution in [0.15, 0.2) is 24.3 Å². The van der Waals surface area contributed by atoms with Gasteiger partial charge in [0.1, 0.15) is 0 Å². The van der Waals surface area contributed by atoms with Crippen LogP contribution in [0.4, 0.5) is 4.39 Å². The van der Waals surface area contributed by atoms with Gasteiger partial charge in [-0.05, 0) is 25.3 Å². The van der Waals surface area contributed by atoms with Crippen LogP contribution in [0.2, 0.25) is 0 Å². The lowest BCUT2D eigenvalue weighted by Gasteiger charge is -2.26. The maximum Gasteiger partial charge on any atom is 0.0990 e. The van der Waals surface area contributed by atoms with E-state index in [0.717, 1.165) is 12.8 Å². The lowest BCUT2D eigenvalue weighted by molar-refractivity contribution is 0.309. The molecule has 0 N–H and O–H groups in total. The Morgan fingerprint density at radius 2 is 2.00 bits per heavy atom. The van der Waals surface area contributed by atoms with Crippen LogP contribution in [0, 0.1) is 6.92 Å². The van der Waals surface area contributed by atoms with Gasteiger partial charge in [-0.25, -0.2) is 0 Å². The third kappa shape index (κ3) is 1.56. The van der Waals surface area contributed by atoms with Gasteiger partial charge < -0.3 is 0 Å². The third-order valence-corrected chi connectivity index (χ3v) is 3.45. The SMILES string of the molecule is Cc1cccc(C2(CF)CCCC2)c1. The van der Waals surface area contributed by atoms with Gasteiger partial charge in [-0.3, -0.25) is 4.39 Å². The van der Waals surface area contributed by atoms with E-state index in [1.54, 1.807) is 0 Å². The summed E-state index contributed by atoms with van der Waals surface area (Å²) in [6.07, 6.45) is 4.40. The van der Waals surface area contributed by atoms with Crippen LogP contribution in [0.5, 0.6) is 0 Å². The zero-order valence-corrected chi connectivity index (χ0v) is 8.72. The van der Waals surface area contributed by atoms with Crippen LogP contribution >= 0.6 is 0 Å². The van der Waals surface area contributed by atoms with Crippen molar-refractivity contribution < 1.29 is 4.39 Å². The average molecular weight is 192 g/mol. The van der Waals surface area contributed by atoms with Crippen LogP contribution in [0.25, 0.3) is 0 Å². The molecule has 1 aliphatic rings. The molecule has 14 heavy (non-hydrogen) atoms. The van der Waals surface area contributed by atoms with Crippen molar-refractivity contribution in [2.24, 2.45) is 0 Å². The van der Waals surface area contributed by atoms with Gasteiger partial charge in [0.15, 0.2) is 0 Å². The molecule has 0 atom stereocenters. The molecule has 0 nitrogen and oxygen atoms in total. The maximum absolute atomic E-state index is 13.2. The predicted octanol–water partition coefficient (Wildman–Crippen LogP) is 3.78. The Morgan fingerprint density at radius 1 is 1.29 bits per heavy atom. The zero-order chi connectivity index (χ0) is 10.0. The van der Waals surface area contributed by atoms with Gasteiger partial charge in [0.05, 0.1) is 6.67 Å². The summed E-state index contributed by atoms with van der Waals surface area (Å²) >= 11 is 0. The predicted molar refractivity (Wildman–Crippen MR) is 57.3 cm³/mol. The highest BCUT2D eigenvalue weighted by atomic mass is 19.1. The molecule has 0 heterocycles. The Labute approximate surface area is 85.1 Å². The highest BCUT2D eigenvalue weighted by molar-refractivity contribution is 5.30. The molecule has 1 saturated carbocycles. The molecule has 0 aromatic heterocycles. The van der Waals surface area contributed by atoms with Crippen LogP contribution in [0.3, 0.4) is 0 Å². The van der Waals surface area contributed by atoms with Crippen molar-refractivity contribution in [2.75, 3.05) is 6.67 Å². The van der Waals surface area contributed by atoms with Gasteiger partial charge in [-0.15, -0.1) is 0 Å². The monoisotopic (exact) mass is 192 g/mol. The summed E-state index contributed by atoms with van der Waals surface area (Å²) in [5.74, 6) is 0. The molecular weight excluding hydrogens is 175 g/mol. The van der Waals surface area contributed by atoms with Gasteiger partial charge in [-0.1, -0.05) is 42.7 Å². The highest BCUT2D eigenvalue weighted by Gasteiger charge is 2.35. The lowest BCUT2D eigenvalue weighted by Crippen LogP contribution is -2.24. The van der Waals surface area contributed by atoms with E-state index in [1.165, 1.54) is 24.0 Å². The van der Waals surface area contributed by atoms with Crippen LogP contribution in [-0.4, -0.2) is 6.67 Å². The first-order valence-electron chi connectivity index (χ1n) is 5.40. The molecule has 0 radical (unpaired) electrons. The molecule has 76 valence electrons. The third-order valence-electron chi connectivity index (χ3n) is 3.45. The van der Waals surface area contributed by atoms with E-state index in [9.17, 15) is 4.39 Å². The topological polar surface area (TPSA) is 0 Å². The molecule has 1 aromatic carbocycles. The summed E-state index contributed by atoms with van der Waals surface area (Å²) < 4.78 is 13.2. The molecule has 1 heteroatoms. The molecule has 1 fully saturated rings. The number of rotatable bonds is 2. The Balaban J connectivity index is 2.35. The van der Waals surface area contributed by atoms with Crippen LogP contribution in [-0.2, 0) is 5.41 Å². The molecule has 0 bridgehead atoms.